The third-order valence-electron chi connectivity index (χ3n) is 4.30. The molecule has 2 rings (SSSR count). The van der Waals surface area contributed by atoms with E-state index in [0.29, 0.717) is 31.6 Å². The number of hydrogen-bond donors (Lipinski definition) is 1. The van der Waals surface area contributed by atoms with Gasteiger partial charge in [-0.2, -0.15) is 0 Å². The third-order valence-corrected chi connectivity index (χ3v) is 4.30. The van der Waals surface area contributed by atoms with Crippen LogP contribution in [0.1, 0.15) is 36.5 Å². The molecule has 7 nitrogen and oxygen atoms in total. The second-order valence-electron chi connectivity index (χ2n) is 6.21. The minimum absolute atomic E-state index is 0.0187. The zero-order chi connectivity index (χ0) is 17.9. The van der Waals surface area contributed by atoms with Gasteiger partial charge in [-0.25, -0.2) is 0 Å². The van der Waals surface area contributed by atoms with E-state index in [2.05, 4.69) is 17.1 Å². The number of carbonyl (C=O) groups is 2. The van der Waals surface area contributed by atoms with Crippen LogP contribution in [0, 0.1) is 0 Å². The van der Waals surface area contributed by atoms with Crippen LogP contribution in [0.2, 0.25) is 0 Å². The number of furan rings is 1. The van der Waals surface area contributed by atoms with Gasteiger partial charge >= 0.3 is 0 Å². The number of rotatable bonds is 10. The lowest BCUT2D eigenvalue weighted by atomic mass is 10.2. The van der Waals surface area contributed by atoms with Crippen LogP contribution in [0.15, 0.2) is 23.0 Å². The van der Waals surface area contributed by atoms with Gasteiger partial charge in [-0.1, -0.05) is 13.3 Å². The molecule has 0 atom stereocenters. The van der Waals surface area contributed by atoms with E-state index in [1.54, 1.807) is 11.0 Å². The van der Waals surface area contributed by atoms with Crippen molar-refractivity contribution in [2.24, 2.45) is 0 Å². The molecule has 0 radical (unpaired) electrons. The number of ether oxygens (including phenoxy) is 1. The molecule has 2 amide bonds. The average Bonchev–Trinajstić information content (AvgIpc) is 3.17. The summed E-state index contributed by atoms with van der Waals surface area (Å²) in [5.74, 6) is -0.0990. The van der Waals surface area contributed by atoms with E-state index in [1.165, 1.54) is 12.5 Å². The van der Waals surface area contributed by atoms with E-state index in [1.807, 2.05) is 0 Å². The number of morpholine rings is 1. The summed E-state index contributed by atoms with van der Waals surface area (Å²) < 4.78 is 10.3. The fourth-order valence-electron chi connectivity index (χ4n) is 2.74. The highest BCUT2D eigenvalue weighted by molar-refractivity contribution is 5.94. The van der Waals surface area contributed by atoms with Crippen LogP contribution in [0.5, 0.6) is 0 Å². The predicted octanol–water partition coefficient (Wildman–Crippen LogP) is 1.36. The molecule has 1 saturated heterocycles. The Morgan fingerprint density at radius 1 is 1.28 bits per heavy atom. The molecule has 7 heteroatoms. The highest BCUT2D eigenvalue weighted by Crippen LogP contribution is 2.08. The van der Waals surface area contributed by atoms with Crippen LogP contribution in [0.3, 0.4) is 0 Å². The number of nitrogens with one attached hydrogen (secondary N) is 1. The van der Waals surface area contributed by atoms with Crippen molar-refractivity contribution in [3.63, 3.8) is 0 Å². The number of carbonyl (C=O) groups excluding carboxylic acids is 2. The van der Waals surface area contributed by atoms with E-state index >= 15 is 0 Å². The van der Waals surface area contributed by atoms with Gasteiger partial charge in [0, 0.05) is 45.7 Å². The summed E-state index contributed by atoms with van der Waals surface area (Å²) in [4.78, 5) is 28.5. The van der Waals surface area contributed by atoms with Gasteiger partial charge in [0.1, 0.15) is 6.26 Å². The maximum absolute atomic E-state index is 12.5. The Morgan fingerprint density at radius 3 is 2.76 bits per heavy atom. The summed E-state index contributed by atoms with van der Waals surface area (Å²) >= 11 is 0. The topological polar surface area (TPSA) is 75.0 Å². The second kappa shape index (κ2) is 10.9. The highest BCUT2D eigenvalue weighted by atomic mass is 16.5. The summed E-state index contributed by atoms with van der Waals surface area (Å²) in [7, 11) is 0. The first-order valence-corrected chi connectivity index (χ1v) is 9.09. The Kier molecular flexibility index (Phi) is 8.48. The molecule has 1 N–H and O–H groups in total. The Balaban J connectivity index is 1.70. The summed E-state index contributed by atoms with van der Waals surface area (Å²) in [5, 5.41) is 2.94. The summed E-state index contributed by atoms with van der Waals surface area (Å²) in [5.41, 5.74) is 0.531. The monoisotopic (exact) mass is 351 g/mol. The molecule has 1 aromatic rings. The molecule has 0 saturated carbocycles. The number of unbranched alkanes of at least 4 members (excludes halogenated alkanes) is 1. The minimum Gasteiger partial charge on any atom is -0.472 e. The molecule has 0 spiro atoms. The lowest BCUT2D eigenvalue weighted by Gasteiger charge is -2.26. The fourth-order valence-corrected chi connectivity index (χ4v) is 2.74. The number of nitrogens with zero attached hydrogens (tertiary/aromatic N) is 2. The van der Waals surface area contributed by atoms with E-state index in [0.717, 1.165) is 45.7 Å². The lowest BCUT2D eigenvalue weighted by Crippen LogP contribution is -2.42. The molecule has 0 unspecified atom stereocenters. The van der Waals surface area contributed by atoms with E-state index in [-0.39, 0.29) is 11.8 Å². The number of amides is 2. The van der Waals surface area contributed by atoms with E-state index < -0.39 is 0 Å². The smallest absolute Gasteiger partial charge is 0.257 e. The van der Waals surface area contributed by atoms with Gasteiger partial charge < -0.3 is 19.4 Å². The van der Waals surface area contributed by atoms with Gasteiger partial charge in [-0.15, -0.1) is 0 Å². The molecular weight excluding hydrogens is 322 g/mol. The number of hydrogen-bond acceptors (Lipinski definition) is 5. The van der Waals surface area contributed by atoms with Crippen molar-refractivity contribution in [2.75, 3.05) is 52.5 Å². The molecule has 0 bridgehead atoms. The zero-order valence-electron chi connectivity index (χ0n) is 15.0. The first kappa shape index (κ1) is 19.5. The second-order valence-corrected chi connectivity index (χ2v) is 6.21. The third kappa shape index (κ3) is 6.88. The van der Waals surface area contributed by atoms with Gasteiger partial charge in [-0.05, 0) is 12.5 Å². The van der Waals surface area contributed by atoms with Crippen LogP contribution >= 0.6 is 0 Å². The Labute approximate surface area is 149 Å². The van der Waals surface area contributed by atoms with Gasteiger partial charge in [0.2, 0.25) is 5.91 Å². The lowest BCUT2D eigenvalue weighted by molar-refractivity contribution is -0.121. The van der Waals surface area contributed by atoms with Crippen molar-refractivity contribution in [1.29, 1.82) is 0 Å². The zero-order valence-corrected chi connectivity index (χ0v) is 15.0. The van der Waals surface area contributed by atoms with Crippen LogP contribution in [-0.2, 0) is 9.53 Å². The van der Waals surface area contributed by atoms with Crippen molar-refractivity contribution < 1.29 is 18.7 Å². The molecule has 2 heterocycles. The largest absolute Gasteiger partial charge is 0.472 e. The van der Waals surface area contributed by atoms with Gasteiger partial charge in [0.15, 0.2) is 0 Å². The molecule has 1 aromatic heterocycles. The maximum Gasteiger partial charge on any atom is 0.257 e. The van der Waals surface area contributed by atoms with Crippen LogP contribution in [-0.4, -0.2) is 74.1 Å². The fraction of sp³-hybridized carbons (Fsp3) is 0.667. The Morgan fingerprint density at radius 2 is 2.08 bits per heavy atom. The Hall–Kier alpha value is -1.86. The van der Waals surface area contributed by atoms with Crippen molar-refractivity contribution >= 4 is 11.8 Å². The summed E-state index contributed by atoms with van der Waals surface area (Å²) in [6.07, 6.45) is 5.17. The standard InChI is InChI=1S/C18H29N3O4/c1-2-3-7-21(18(23)16-5-12-25-15-16)8-4-17(22)19-6-9-20-10-13-24-14-11-20/h5,12,15H,2-4,6-11,13-14H2,1H3,(H,19,22). The Bertz CT molecular complexity index is 512. The highest BCUT2D eigenvalue weighted by Gasteiger charge is 2.17. The molecule has 1 fully saturated rings. The molecule has 0 aromatic carbocycles. The first-order valence-electron chi connectivity index (χ1n) is 9.09. The van der Waals surface area contributed by atoms with Gasteiger partial charge in [0.05, 0.1) is 25.0 Å². The molecule has 1 aliphatic heterocycles. The normalized spacial score (nSPS) is 15.1. The average molecular weight is 351 g/mol. The molecule has 140 valence electrons. The van der Waals surface area contributed by atoms with Crippen LogP contribution in [0.25, 0.3) is 0 Å². The van der Waals surface area contributed by atoms with Gasteiger partial charge in [0.25, 0.3) is 5.91 Å². The summed E-state index contributed by atoms with van der Waals surface area (Å²) in [6.45, 7) is 7.98. The predicted molar refractivity (Wildman–Crippen MR) is 94.4 cm³/mol. The SMILES string of the molecule is CCCCN(CCC(=O)NCCN1CCOCC1)C(=O)c1ccoc1. The first-order chi connectivity index (χ1) is 12.2. The molecule has 0 aliphatic carbocycles. The molecular formula is C18H29N3O4. The van der Waals surface area contributed by atoms with E-state index in [4.69, 9.17) is 9.15 Å². The molecule has 25 heavy (non-hydrogen) atoms. The summed E-state index contributed by atoms with van der Waals surface area (Å²) in [6, 6.07) is 1.66. The van der Waals surface area contributed by atoms with Crippen LogP contribution in [0.4, 0.5) is 0 Å². The maximum atomic E-state index is 12.5. The molecule has 1 aliphatic rings. The van der Waals surface area contributed by atoms with Crippen molar-refractivity contribution in [3.05, 3.63) is 24.2 Å². The van der Waals surface area contributed by atoms with E-state index in [9.17, 15) is 9.59 Å². The van der Waals surface area contributed by atoms with Crippen LogP contribution < -0.4 is 5.32 Å². The van der Waals surface area contributed by atoms with Crippen molar-refractivity contribution in [1.82, 2.24) is 15.1 Å². The van der Waals surface area contributed by atoms with Crippen molar-refractivity contribution in [2.45, 2.75) is 26.2 Å². The van der Waals surface area contributed by atoms with Gasteiger partial charge in [-0.3, -0.25) is 14.5 Å². The quantitative estimate of drug-likeness (QED) is 0.689. The minimum atomic E-state index is -0.0803. The van der Waals surface area contributed by atoms with Crippen molar-refractivity contribution in [3.8, 4) is 0 Å².